The summed E-state index contributed by atoms with van der Waals surface area (Å²) >= 11 is 5.99. The van der Waals surface area contributed by atoms with Crippen molar-refractivity contribution in [2.45, 2.75) is 39.8 Å². The molecule has 0 saturated heterocycles. The predicted octanol–water partition coefficient (Wildman–Crippen LogP) is 3.22. The molecule has 1 unspecified atom stereocenters. The molecule has 0 saturated carbocycles. The Hall–Kier alpha value is 0.640. The minimum Gasteiger partial charge on any atom is -0.335 e. The Bertz CT molecular complexity index is 103. The molecule has 0 aromatic heterocycles. The second-order valence-electron chi connectivity index (χ2n) is 2.98. The topological polar surface area (TPSA) is 12.5 Å². The van der Waals surface area contributed by atoms with E-state index in [1.165, 1.54) is 0 Å². The first kappa shape index (κ1) is 11.6. The van der Waals surface area contributed by atoms with Gasteiger partial charge < -0.3 is 4.52 Å². The molecule has 0 aliphatic heterocycles. The molecule has 68 valence electrons. The van der Waals surface area contributed by atoms with Crippen molar-refractivity contribution in [2.24, 2.45) is 0 Å². The van der Waals surface area contributed by atoms with Crippen LogP contribution in [0, 0.1) is 0 Å². The van der Waals surface area contributed by atoms with Crippen molar-refractivity contribution >= 4 is 18.9 Å². The molecule has 0 bridgehead atoms. The van der Waals surface area contributed by atoms with E-state index in [0.29, 0.717) is 12.1 Å². The Labute approximate surface area is 75.5 Å². The summed E-state index contributed by atoms with van der Waals surface area (Å²) < 4.78 is 7.25. The first-order valence-electron chi connectivity index (χ1n) is 3.79. The van der Waals surface area contributed by atoms with E-state index < -0.39 is 7.65 Å². The highest BCUT2D eigenvalue weighted by Gasteiger charge is 2.21. The van der Waals surface area contributed by atoms with E-state index in [9.17, 15) is 0 Å². The number of nitrogens with zero attached hydrogens (tertiary/aromatic N) is 1. The van der Waals surface area contributed by atoms with E-state index in [1.807, 2.05) is 0 Å². The molecule has 4 heteroatoms. The SMILES string of the molecule is COP(Cl)N(C(C)C)C(C)C. The van der Waals surface area contributed by atoms with Crippen molar-refractivity contribution in [3.05, 3.63) is 0 Å². The fourth-order valence-electron chi connectivity index (χ4n) is 1.05. The van der Waals surface area contributed by atoms with Crippen LogP contribution in [0.3, 0.4) is 0 Å². The summed E-state index contributed by atoms with van der Waals surface area (Å²) in [5.41, 5.74) is 0. The summed E-state index contributed by atoms with van der Waals surface area (Å²) in [6.45, 7) is 8.49. The van der Waals surface area contributed by atoms with Gasteiger partial charge in [-0.2, -0.15) is 0 Å². The quantitative estimate of drug-likeness (QED) is 0.642. The van der Waals surface area contributed by atoms with Gasteiger partial charge in [0.1, 0.15) is 0 Å². The van der Waals surface area contributed by atoms with Crippen LogP contribution in [0.15, 0.2) is 0 Å². The normalized spacial score (nSPS) is 15.0. The van der Waals surface area contributed by atoms with Crippen LogP contribution in [-0.2, 0) is 4.52 Å². The lowest BCUT2D eigenvalue weighted by Crippen LogP contribution is -2.31. The van der Waals surface area contributed by atoms with Crippen LogP contribution >= 0.6 is 18.9 Å². The lowest BCUT2D eigenvalue weighted by atomic mass is 10.3. The van der Waals surface area contributed by atoms with Gasteiger partial charge in [0, 0.05) is 19.2 Å². The van der Waals surface area contributed by atoms with E-state index in [-0.39, 0.29) is 0 Å². The molecular weight excluding hydrogens is 181 g/mol. The van der Waals surface area contributed by atoms with Crippen LogP contribution in [0.25, 0.3) is 0 Å². The third-order valence-electron chi connectivity index (χ3n) is 1.39. The molecule has 0 rings (SSSR count). The van der Waals surface area contributed by atoms with Gasteiger partial charge in [0.25, 0.3) is 0 Å². The summed E-state index contributed by atoms with van der Waals surface area (Å²) in [6.07, 6.45) is 0. The minimum atomic E-state index is -0.915. The van der Waals surface area contributed by atoms with Gasteiger partial charge in [-0.15, -0.1) is 0 Å². The smallest absolute Gasteiger partial charge is 0.206 e. The van der Waals surface area contributed by atoms with Gasteiger partial charge in [0.15, 0.2) is 0 Å². The minimum absolute atomic E-state index is 0.443. The van der Waals surface area contributed by atoms with E-state index in [4.69, 9.17) is 15.8 Å². The molecule has 11 heavy (non-hydrogen) atoms. The van der Waals surface area contributed by atoms with Crippen LogP contribution in [-0.4, -0.2) is 23.9 Å². The van der Waals surface area contributed by atoms with Crippen molar-refractivity contribution < 1.29 is 4.52 Å². The molecular formula is C7H17ClNOP. The van der Waals surface area contributed by atoms with Gasteiger partial charge in [0.05, 0.1) is 0 Å². The standard InChI is InChI=1S/C7H17ClNOP/c1-6(2)9(7(3)4)11(8)10-5/h6-7H,1-5H3. The Morgan fingerprint density at radius 3 is 1.64 bits per heavy atom. The molecule has 0 aromatic rings. The molecule has 0 N–H and O–H groups in total. The lowest BCUT2D eigenvalue weighted by molar-refractivity contribution is 0.288. The predicted molar refractivity (Wildman–Crippen MR) is 51.9 cm³/mol. The van der Waals surface area contributed by atoms with E-state index >= 15 is 0 Å². The molecule has 0 aromatic carbocycles. The highest BCUT2D eigenvalue weighted by molar-refractivity contribution is 7.78. The maximum atomic E-state index is 5.99. The van der Waals surface area contributed by atoms with Crippen molar-refractivity contribution in [1.82, 2.24) is 4.67 Å². The second-order valence-corrected chi connectivity index (χ2v) is 5.12. The van der Waals surface area contributed by atoms with Gasteiger partial charge in [-0.25, -0.2) is 4.67 Å². The van der Waals surface area contributed by atoms with E-state index in [1.54, 1.807) is 7.11 Å². The monoisotopic (exact) mass is 197 g/mol. The summed E-state index contributed by atoms with van der Waals surface area (Å²) in [6, 6.07) is 0.886. The molecule has 0 amide bonds. The average Bonchev–Trinajstić information content (AvgIpc) is 1.85. The zero-order valence-electron chi connectivity index (χ0n) is 7.84. The van der Waals surface area contributed by atoms with E-state index in [0.717, 1.165) is 0 Å². The summed E-state index contributed by atoms with van der Waals surface area (Å²) in [5, 5.41) is 0. The number of rotatable bonds is 4. The number of hydrogen-bond donors (Lipinski definition) is 0. The fourth-order valence-corrected chi connectivity index (χ4v) is 3.02. The summed E-state index contributed by atoms with van der Waals surface area (Å²) in [4.78, 5) is 0. The first-order valence-corrected chi connectivity index (χ1v) is 5.90. The molecule has 0 spiro atoms. The van der Waals surface area contributed by atoms with Crippen molar-refractivity contribution in [2.75, 3.05) is 7.11 Å². The zero-order valence-corrected chi connectivity index (χ0v) is 9.49. The van der Waals surface area contributed by atoms with Crippen molar-refractivity contribution in [3.63, 3.8) is 0 Å². The third-order valence-corrected chi connectivity index (χ3v) is 3.92. The van der Waals surface area contributed by atoms with Crippen LogP contribution in [0.1, 0.15) is 27.7 Å². The average molecular weight is 198 g/mol. The van der Waals surface area contributed by atoms with Gasteiger partial charge >= 0.3 is 0 Å². The fraction of sp³-hybridized carbons (Fsp3) is 1.00. The molecule has 1 atom stereocenters. The molecule has 0 radical (unpaired) electrons. The second kappa shape index (κ2) is 5.31. The first-order chi connectivity index (χ1) is 5.00. The van der Waals surface area contributed by atoms with Gasteiger partial charge in [-0.05, 0) is 38.9 Å². The van der Waals surface area contributed by atoms with Crippen LogP contribution < -0.4 is 0 Å². The van der Waals surface area contributed by atoms with Crippen molar-refractivity contribution in [1.29, 1.82) is 0 Å². The molecule has 2 nitrogen and oxygen atoms in total. The Morgan fingerprint density at radius 1 is 1.18 bits per heavy atom. The maximum absolute atomic E-state index is 5.99. The Morgan fingerprint density at radius 2 is 1.55 bits per heavy atom. The molecule has 0 heterocycles. The van der Waals surface area contributed by atoms with E-state index in [2.05, 4.69) is 32.4 Å². The van der Waals surface area contributed by atoms with Gasteiger partial charge in [-0.3, -0.25) is 0 Å². The maximum Gasteiger partial charge on any atom is 0.206 e. The largest absolute Gasteiger partial charge is 0.335 e. The van der Waals surface area contributed by atoms with Gasteiger partial charge in [0.2, 0.25) is 7.65 Å². The molecule has 0 aliphatic rings. The molecule has 0 aliphatic carbocycles. The number of hydrogen-bond acceptors (Lipinski definition) is 2. The lowest BCUT2D eigenvalue weighted by Gasteiger charge is -2.32. The Balaban J connectivity index is 4.09. The van der Waals surface area contributed by atoms with Gasteiger partial charge in [-0.1, -0.05) is 0 Å². The zero-order chi connectivity index (χ0) is 9.02. The van der Waals surface area contributed by atoms with Crippen LogP contribution in [0.4, 0.5) is 0 Å². The molecule has 0 fully saturated rings. The summed E-state index contributed by atoms with van der Waals surface area (Å²) in [5.74, 6) is 0. The highest BCUT2D eigenvalue weighted by atomic mass is 35.7. The summed E-state index contributed by atoms with van der Waals surface area (Å²) in [7, 11) is 0.734. The van der Waals surface area contributed by atoms with Crippen molar-refractivity contribution in [3.8, 4) is 0 Å². The number of halogens is 1. The Kier molecular flexibility index (Phi) is 5.62. The third kappa shape index (κ3) is 3.71. The van der Waals surface area contributed by atoms with Crippen LogP contribution in [0.5, 0.6) is 0 Å². The highest BCUT2D eigenvalue weighted by Crippen LogP contribution is 2.48. The van der Waals surface area contributed by atoms with Crippen LogP contribution in [0.2, 0.25) is 0 Å².